The van der Waals surface area contributed by atoms with Crippen molar-refractivity contribution in [1.29, 1.82) is 0 Å². The van der Waals surface area contributed by atoms with Gasteiger partial charge in [-0.1, -0.05) is 5.16 Å². The highest BCUT2D eigenvalue weighted by molar-refractivity contribution is 5.66. The van der Waals surface area contributed by atoms with Gasteiger partial charge >= 0.3 is 5.69 Å². The Morgan fingerprint density at radius 3 is 2.93 bits per heavy atom. The number of nitrogens with zero attached hydrogens (tertiary/aromatic N) is 4. The molecule has 8 nitrogen and oxygen atoms in total. The van der Waals surface area contributed by atoms with Gasteiger partial charge in [0.15, 0.2) is 11.4 Å². The Morgan fingerprint density at radius 1 is 1.57 bits per heavy atom. The number of rotatable bonds is 2. The van der Waals surface area contributed by atoms with Crippen molar-refractivity contribution in [1.82, 2.24) is 20.5 Å². The van der Waals surface area contributed by atoms with E-state index in [1.807, 2.05) is 0 Å². The smallest absolute Gasteiger partial charge is 0.269 e. The van der Waals surface area contributed by atoms with E-state index in [4.69, 9.17) is 0 Å². The number of nitrogens with one attached hydrogen (secondary N) is 1. The average molecular weight is 195 g/mol. The summed E-state index contributed by atoms with van der Waals surface area (Å²) in [5.41, 5.74) is 0.823. The molecule has 0 saturated carbocycles. The number of aromatic nitrogens is 4. The fourth-order valence-electron chi connectivity index (χ4n) is 1.05. The van der Waals surface area contributed by atoms with Crippen LogP contribution in [0.3, 0.4) is 0 Å². The lowest BCUT2D eigenvalue weighted by Crippen LogP contribution is -1.90. The number of aromatic amines is 1. The van der Waals surface area contributed by atoms with Crippen LogP contribution in [0.5, 0.6) is 0 Å². The zero-order valence-corrected chi connectivity index (χ0v) is 7.09. The molecule has 0 aliphatic carbocycles. The molecular weight excluding hydrogens is 190 g/mol. The predicted molar refractivity (Wildman–Crippen MR) is 43.3 cm³/mol. The third-order valence-corrected chi connectivity index (χ3v) is 1.71. The van der Waals surface area contributed by atoms with Gasteiger partial charge in [0.1, 0.15) is 11.9 Å². The molecule has 0 spiro atoms. The highest BCUT2D eigenvalue weighted by Gasteiger charge is 2.22. The Labute approximate surface area is 77.0 Å². The molecule has 0 aliphatic heterocycles. The van der Waals surface area contributed by atoms with E-state index in [9.17, 15) is 10.1 Å². The minimum Gasteiger partial charge on any atom is -0.269 e. The van der Waals surface area contributed by atoms with Gasteiger partial charge in [-0.15, -0.1) is 0 Å². The molecule has 14 heavy (non-hydrogen) atoms. The van der Waals surface area contributed by atoms with E-state index in [1.54, 1.807) is 6.92 Å². The maximum absolute atomic E-state index is 10.6. The number of H-pyrrole nitrogens is 1. The van der Waals surface area contributed by atoms with Gasteiger partial charge in [-0.05, 0) is 12.1 Å². The molecule has 2 rings (SSSR count). The van der Waals surface area contributed by atoms with Crippen molar-refractivity contribution >= 4 is 5.69 Å². The first-order chi connectivity index (χ1) is 6.70. The van der Waals surface area contributed by atoms with Crippen LogP contribution in [-0.4, -0.2) is 25.4 Å². The molecule has 8 heteroatoms. The van der Waals surface area contributed by atoms with Gasteiger partial charge in [-0.2, -0.15) is 5.10 Å². The molecule has 2 aromatic heterocycles. The van der Waals surface area contributed by atoms with Crippen molar-refractivity contribution in [2.75, 3.05) is 0 Å². The van der Waals surface area contributed by atoms with E-state index in [1.165, 1.54) is 0 Å². The number of nitro groups is 1. The van der Waals surface area contributed by atoms with E-state index in [2.05, 4.69) is 25.1 Å². The van der Waals surface area contributed by atoms with E-state index < -0.39 is 4.92 Å². The van der Waals surface area contributed by atoms with Crippen molar-refractivity contribution in [2.24, 2.45) is 0 Å². The second-order valence-electron chi connectivity index (χ2n) is 2.59. The molecule has 2 aromatic rings. The standard InChI is InChI=1S/C6H5N5O3/c1-3-5(10-14-9-3)6-4(11(12)13)2-7-8-6/h2H,1H3,(H,7,8). The second kappa shape index (κ2) is 2.91. The van der Waals surface area contributed by atoms with Crippen LogP contribution >= 0.6 is 0 Å². The summed E-state index contributed by atoms with van der Waals surface area (Å²) < 4.78 is 4.43. The van der Waals surface area contributed by atoms with Crippen molar-refractivity contribution in [3.8, 4) is 11.4 Å². The van der Waals surface area contributed by atoms with Crippen LogP contribution in [0.1, 0.15) is 5.69 Å². The molecule has 2 heterocycles. The van der Waals surface area contributed by atoms with Gasteiger partial charge in [0.05, 0.1) is 4.92 Å². The second-order valence-corrected chi connectivity index (χ2v) is 2.59. The van der Waals surface area contributed by atoms with Crippen molar-refractivity contribution < 1.29 is 9.55 Å². The van der Waals surface area contributed by atoms with E-state index >= 15 is 0 Å². The van der Waals surface area contributed by atoms with Crippen molar-refractivity contribution in [2.45, 2.75) is 6.92 Å². The normalized spacial score (nSPS) is 10.4. The van der Waals surface area contributed by atoms with Gasteiger partial charge in [0.25, 0.3) is 0 Å². The van der Waals surface area contributed by atoms with Crippen LogP contribution in [0.2, 0.25) is 0 Å². The molecule has 72 valence electrons. The minimum absolute atomic E-state index is 0.149. The van der Waals surface area contributed by atoms with Crippen LogP contribution in [0, 0.1) is 17.0 Å². The number of aryl methyl sites for hydroxylation is 1. The summed E-state index contributed by atoms with van der Waals surface area (Å²) >= 11 is 0. The monoisotopic (exact) mass is 195 g/mol. The van der Waals surface area contributed by atoms with Gasteiger partial charge in [-0.25, -0.2) is 4.63 Å². The van der Waals surface area contributed by atoms with Gasteiger partial charge < -0.3 is 0 Å². The Bertz CT molecular complexity index is 473. The van der Waals surface area contributed by atoms with Crippen molar-refractivity contribution in [3.63, 3.8) is 0 Å². The van der Waals surface area contributed by atoms with Crippen LogP contribution in [0.4, 0.5) is 5.69 Å². The summed E-state index contributed by atoms with van der Waals surface area (Å²) in [5.74, 6) is 0. The largest absolute Gasteiger partial charge is 0.316 e. The summed E-state index contributed by atoms with van der Waals surface area (Å²) in [7, 11) is 0. The predicted octanol–water partition coefficient (Wildman–Crippen LogP) is 0.676. The third kappa shape index (κ3) is 1.13. The van der Waals surface area contributed by atoms with Crippen molar-refractivity contribution in [3.05, 3.63) is 22.0 Å². The fraction of sp³-hybridized carbons (Fsp3) is 0.167. The zero-order valence-electron chi connectivity index (χ0n) is 7.09. The molecular formula is C6H5N5O3. The molecule has 0 aromatic carbocycles. The summed E-state index contributed by atoms with van der Waals surface area (Å²) in [5, 5.41) is 23.7. The highest BCUT2D eigenvalue weighted by Crippen LogP contribution is 2.26. The van der Waals surface area contributed by atoms with Gasteiger partial charge in [-0.3, -0.25) is 15.2 Å². The van der Waals surface area contributed by atoms with E-state index in [0.29, 0.717) is 11.4 Å². The van der Waals surface area contributed by atoms with Crippen LogP contribution in [-0.2, 0) is 0 Å². The SMILES string of the molecule is Cc1nonc1-c1[nH]ncc1[N+](=O)[O-]. The molecule has 0 saturated heterocycles. The van der Waals surface area contributed by atoms with E-state index in [0.717, 1.165) is 6.20 Å². The molecule has 0 unspecified atom stereocenters. The van der Waals surface area contributed by atoms with Crippen LogP contribution < -0.4 is 0 Å². The fourth-order valence-corrected chi connectivity index (χ4v) is 1.05. The lowest BCUT2D eigenvalue weighted by atomic mass is 10.2. The first-order valence-electron chi connectivity index (χ1n) is 3.67. The molecule has 0 aliphatic rings. The Hall–Kier alpha value is -2.25. The molecule has 1 N–H and O–H groups in total. The minimum atomic E-state index is -0.549. The average Bonchev–Trinajstić information content (AvgIpc) is 2.70. The molecule has 0 fully saturated rings. The first kappa shape index (κ1) is 8.35. The zero-order chi connectivity index (χ0) is 10.1. The molecule has 0 bridgehead atoms. The topological polar surface area (TPSA) is 111 Å². The molecule has 0 atom stereocenters. The number of hydrogen-bond acceptors (Lipinski definition) is 6. The third-order valence-electron chi connectivity index (χ3n) is 1.71. The van der Waals surface area contributed by atoms with E-state index in [-0.39, 0.29) is 11.4 Å². The van der Waals surface area contributed by atoms with Crippen LogP contribution in [0.15, 0.2) is 10.8 Å². The highest BCUT2D eigenvalue weighted by atomic mass is 16.6. The molecule has 0 amide bonds. The van der Waals surface area contributed by atoms with Crippen LogP contribution in [0.25, 0.3) is 11.4 Å². The molecule has 0 radical (unpaired) electrons. The summed E-state index contributed by atoms with van der Waals surface area (Å²) in [4.78, 5) is 10.0. The summed E-state index contributed by atoms with van der Waals surface area (Å²) in [6, 6.07) is 0. The first-order valence-corrected chi connectivity index (χ1v) is 3.67. The lowest BCUT2D eigenvalue weighted by molar-refractivity contribution is -0.384. The van der Waals surface area contributed by atoms with Gasteiger partial charge in [0.2, 0.25) is 0 Å². The Kier molecular flexibility index (Phi) is 1.73. The number of hydrogen-bond donors (Lipinski definition) is 1. The quantitative estimate of drug-likeness (QED) is 0.557. The summed E-state index contributed by atoms with van der Waals surface area (Å²) in [6.45, 7) is 1.64. The maximum Gasteiger partial charge on any atom is 0.316 e. The Morgan fingerprint density at radius 2 is 2.36 bits per heavy atom. The Balaban J connectivity index is 2.57. The maximum atomic E-state index is 10.6. The summed E-state index contributed by atoms with van der Waals surface area (Å²) in [6.07, 6.45) is 1.11. The lowest BCUT2D eigenvalue weighted by Gasteiger charge is -1.90. The van der Waals surface area contributed by atoms with Gasteiger partial charge in [0, 0.05) is 0 Å².